The minimum atomic E-state index is -0.639. The van der Waals surface area contributed by atoms with E-state index in [-0.39, 0.29) is 22.6 Å². The van der Waals surface area contributed by atoms with Crippen molar-refractivity contribution in [3.63, 3.8) is 0 Å². The molecule has 0 fully saturated rings. The molecule has 7 rings (SSSR count). The second-order valence-corrected chi connectivity index (χ2v) is 13.7. The Hall–Kier alpha value is -8.72. The van der Waals surface area contributed by atoms with Gasteiger partial charge in [-0.25, -0.2) is 21.7 Å². The number of rotatable bonds is 12. The third-order valence-electron chi connectivity index (χ3n) is 9.44. The van der Waals surface area contributed by atoms with Crippen molar-refractivity contribution in [1.82, 2.24) is 0 Å². The van der Waals surface area contributed by atoms with Crippen LogP contribution in [0.3, 0.4) is 0 Å². The quantitative estimate of drug-likeness (QED) is 0.0407. The second kappa shape index (κ2) is 18.9. The van der Waals surface area contributed by atoms with Crippen LogP contribution in [-0.4, -0.2) is 35.4 Å². The van der Waals surface area contributed by atoms with E-state index in [1.54, 1.807) is 158 Å². The summed E-state index contributed by atoms with van der Waals surface area (Å²) in [7, 11) is 0. The maximum Gasteiger partial charge on any atom is 0.272 e. The number of anilines is 6. The molecule has 0 aliphatic heterocycles. The smallest absolute Gasteiger partial charge is 0.272 e. The van der Waals surface area contributed by atoms with Gasteiger partial charge in [0, 0.05) is 56.1 Å². The number of nitrogens with one attached hydrogen (secondary N) is 4. The maximum absolute atomic E-state index is 13.7. The van der Waals surface area contributed by atoms with Gasteiger partial charge in [-0.3, -0.25) is 28.8 Å². The summed E-state index contributed by atoms with van der Waals surface area (Å²) in [5.74, 6) is 9.15. The zero-order valence-corrected chi connectivity index (χ0v) is 32.8. The standard InChI is InChI=1S/C48H38N8O6/c49-55(47(61)32-12-6-2-7-13-32)41-24-20-39(21-25-41)53-45(59)35-28-34(44(58)52-38-18-16-37(17-19-38)51-43(57)31-10-4-1-5-11-31)29-36(30-35)46(60)54-40-22-26-42(27-23-40)56(50)48(62)33-14-8-3-9-15-33/h1-30H,49-50H2,(H,51,57)(H,52,58)(H,53,59)(H,54,60). The summed E-state index contributed by atoms with van der Waals surface area (Å²) < 4.78 is 0. The number of hydrogen-bond acceptors (Lipinski definition) is 8. The van der Waals surface area contributed by atoms with Crippen molar-refractivity contribution in [1.29, 1.82) is 0 Å². The number of hydrogen-bond donors (Lipinski definition) is 6. The molecule has 8 N–H and O–H groups in total. The number of hydrazine groups is 2. The van der Waals surface area contributed by atoms with E-state index >= 15 is 0 Å². The lowest BCUT2D eigenvalue weighted by atomic mass is 10.0. The van der Waals surface area contributed by atoms with Crippen LogP contribution in [0, 0.1) is 0 Å². The molecule has 0 unspecified atom stereocenters. The molecule has 0 aromatic heterocycles. The van der Waals surface area contributed by atoms with Crippen LogP contribution < -0.4 is 43.0 Å². The fraction of sp³-hybridized carbons (Fsp3) is 0. The van der Waals surface area contributed by atoms with Gasteiger partial charge in [-0.05, 0) is 127 Å². The van der Waals surface area contributed by atoms with Crippen molar-refractivity contribution in [3.8, 4) is 0 Å². The third kappa shape index (κ3) is 10.1. The normalized spacial score (nSPS) is 10.5. The zero-order chi connectivity index (χ0) is 43.6. The van der Waals surface area contributed by atoms with E-state index in [9.17, 15) is 28.8 Å². The van der Waals surface area contributed by atoms with Gasteiger partial charge in [0.2, 0.25) is 0 Å². The Kier molecular flexibility index (Phi) is 12.6. The molecule has 0 saturated heterocycles. The highest BCUT2D eigenvalue weighted by Crippen LogP contribution is 2.23. The highest BCUT2D eigenvalue weighted by Gasteiger charge is 2.20. The molecule has 7 aromatic carbocycles. The van der Waals surface area contributed by atoms with Crippen molar-refractivity contribution in [2.24, 2.45) is 11.7 Å². The van der Waals surface area contributed by atoms with Gasteiger partial charge in [0.15, 0.2) is 0 Å². The SMILES string of the molecule is NN(C(=O)c1ccccc1)c1ccc(NC(=O)c2cc(C(=O)Nc3ccc(NC(=O)c4ccccc4)cc3)cc(C(=O)Nc3ccc(N(N)C(=O)c4ccccc4)cc3)c2)cc1. The van der Waals surface area contributed by atoms with Gasteiger partial charge in [-0.1, -0.05) is 54.6 Å². The summed E-state index contributed by atoms with van der Waals surface area (Å²) in [6, 6.07) is 48.7. The van der Waals surface area contributed by atoms with Gasteiger partial charge in [0.05, 0.1) is 11.4 Å². The first-order valence-electron chi connectivity index (χ1n) is 19.1. The Bertz CT molecular complexity index is 2620. The van der Waals surface area contributed by atoms with Crippen LogP contribution >= 0.6 is 0 Å². The summed E-state index contributed by atoms with van der Waals surface area (Å²) in [4.78, 5) is 79.5. The van der Waals surface area contributed by atoms with Gasteiger partial charge in [-0.15, -0.1) is 0 Å². The Labute approximate surface area is 355 Å². The lowest BCUT2D eigenvalue weighted by Gasteiger charge is -2.17. The molecule has 0 heterocycles. The summed E-state index contributed by atoms with van der Waals surface area (Å²) in [5.41, 5.74) is 3.56. The van der Waals surface area contributed by atoms with Crippen LogP contribution in [0.1, 0.15) is 62.1 Å². The van der Waals surface area contributed by atoms with Crippen LogP contribution in [0.2, 0.25) is 0 Å². The number of nitrogens with zero attached hydrogens (tertiary/aromatic N) is 2. The van der Waals surface area contributed by atoms with Gasteiger partial charge in [0.25, 0.3) is 35.4 Å². The van der Waals surface area contributed by atoms with E-state index in [0.717, 1.165) is 10.0 Å². The maximum atomic E-state index is 13.7. The molecule has 6 amide bonds. The van der Waals surface area contributed by atoms with E-state index in [2.05, 4.69) is 21.3 Å². The molecule has 0 aliphatic carbocycles. The lowest BCUT2D eigenvalue weighted by molar-refractivity contribution is 0.0979. The van der Waals surface area contributed by atoms with Crippen molar-refractivity contribution in [2.45, 2.75) is 0 Å². The molecule has 14 heteroatoms. The molecular formula is C48H38N8O6. The molecule has 0 atom stereocenters. The monoisotopic (exact) mass is 822 g/mol. The van der Waals surface area contributed by atoms with Gasteiger partial charge in [0.1, 0.15) is 0 Å². The number of carbonyl (C=O) groups excluding carboxylic acids is 6. The predicted molar refractivity (Wildman–Crippen MR) is 239 cm³/mol. The minimum absolute atomic E-state index is 0.00801. The fourth-order valence-electron chi connectivity index (χ4n) is 6.15. The first-order valence-corrected chi connectivity index (χ1v) is 19.1. The van der Waals surface area contributed by atoms with Crippen molar-refractivity contribution in [2.75, 3.05) is 31.3 Å². The Morgan fingerprint density at radius 2 is 0.548 bits per heavy atom. The molecule has 0 aliphatic rings. The molecule has 14 nitrogen and oxygen atoms in total. The molecule has 0 saturated carbocycles. The average molecular weight is 823 g/mol. The van der Waals surface area contributed by atoms with Crippen LogP contribution in [0.4, 0.5) is 34.1 Å². The molecular weight excluding hydrogens is 785 g/mol. The topological polar surface area (TPSA) is 209 Å². The van der Waals surface area contributed by atoms with Crippen LogP contribution in [0.5, 0.6) is 0 Å². The molecule has 306 valence electrons. The second-order valence-electron chi connectivity index (χ2n) is 13.7. The summed E-state index contributed by atoms with van der Waals surface area (Å²) in [6.07, 6.45) is 0. The Morgan fingerprint density at radius 3 is 0.839 bits per heavy atom. The third-order valence-corrected chi connectivity index (χ3v) is 9.44. The molecule has 7 aromatic rings. The van der Waals surface area contributed by atoms with Gasteiger partial charge in [-0.2, -0.15) is 0 Å². The number of benzene rings is 7. The van der Waals surface area contributed by atoms with E-state index < -0.39 is 29.5 Å². The highest BCUT2D eigenvalue weighted by molar-refractivity contribution is 6.13. The predicted octanol–water partition coefficient (Wildman–Crippen LogP) is 7.74. The minimum Gasteiger partial charge on any atom is -0.322 e. The summed E-state index contributed by atoms with van der Waals surface area (Å²) >= 11 is 0. The lowest BCUT2D eigenvalue weighted by Crippen LogP contribution is -2.37. The zero-order valence-electron chi connectivity index (χ0n) is 32.8. The summed E-state index contributed by atoms with van der Waals surface area (Å²) in [5, 5.41) is 13.1. The van der Waals surface area contributed by atoms with E-state index in [1.807, 2.05) is 6.07 Å². The number of carbonyl (C=O) groups is 6. The van der Waals surface area contributed by atoms with Crippen LogP contribution in [0.15, 0.2) is 182 Å². The van der Waals surface area contributed by atoms with E-state index in [0.29, 0.717) is 50.8 Å². The van der Waals surface area contributed by atoms with Gasteiger partial charge < -0.3 is 21.3 Å². The Morgan fingerprint density at radius 1 is 0.306 bits per heavy atom. The first-order chi connectivity index (χ1) is 30.0. The molecule has 62 heavy (non-hydrogen) atoms. The van der Waals surface area contributed by atoms with Crippen molar-refractivity contribution in [3.05, 3.63) is 215 Å². The van der Waals surface area contributed by atoms with E-state index in [4.69, 9.17) is 11.7 Å². The first kappa shape index (κ1) is 41.4. The van der Waals surface area contributed by atoms with Crippen molar-refractivity contribution >= 4 is 69.6 Å². The summed E-state index contributed by atoms with van der Waals surface area (Å²) in [6.45, 7) is 0. The molecule has 0 radical (unpaired) electrons. The molecule has 0 spiro atoms. The largest absolute Gasteiger partial charge is 0.322 e. The highest BCUT2D eigenvalue weighted by atomic mass is 16.2. The molecule has 0 bridgehead atoms. The fourth-order valence-corrected chi connectivity index (χ4v) is 6.15. The number of nitrogens with two attached hydrogens (primary N) is 2. The van der Waals surface area contributed by atoms with Crippen LogP contribution in [0.25, 0.3) is 0 Å². The van der Waals surface area contributed by atoms with E-state index in [1.165, 1.54) is 18.2 Å². The van der Waals surface area contributed by atoms with Gasteiger partial charge >= 0.3 is 0 Å². The van der Waals surface area contributed by atoms with Crippen molar-refractivity contribution < 1.29 is 28.8 Å². The van der Waals surface area contributed by atoms with Crippen LogP contribution in [-0.2, 0) is 0 Å². The average Bonchev–Trinajstić information content (AvgIpc) is 3.32. The number of amides is 6. The Balaban J connectivity index is 1.09.